The minimum absolute atomic E-state index is 0.0368. The molecule has 6 heteroatoms. The van der Waals surface area contributed by atoms with Gasteiger partial charge in [0.1, 0.15) is 0 Å². The van der Waals surface area contributed by atoms with Gasteiger partial charge in [-0.15, -0.1) is 0 Å². The summed E-state index contributed by atoms with van der Waals surface area (Å²) in [4.78, 5) is 27.7. The number of hydrogen-bond acceptors (Lipinski definition) is 3. The summed E-state index contributed by atoms with van der Waals surface area (Å²) in [5, 5.41) is 2.96. The van der Waals surface area contributed by atoms with Gasteiger partial charge < -0.3 is 19.9 Å². The third-order valence-electron chi connectivity index (χ3n) is 4.32. The van der Waals surface area contributed by atoms with Crippen LogP contribution in [0.3, 0.4) is 0 Å². The number of amides is 3. The van der Waals surface area contributed by atoms with Crippen LogP contribution < -0.4 is 5.32 Å². The van der Waals surface area contributed by atoms with E-state index in [9.17, 15) is 9.59 Å². The molecule has 0 bridgehead atoms. The quantitative estimate of drug-likeness (QED) is 0.894. The Kier molecular flexibility index (Phi) is 6.61. The summed E-state index contributed by atoms with van der Waals surface area (Å²) >= 11 is 0. The molecule has 0 spiro atoms. The highest BCUT2D eigenvalue weighted by Gasteiger charge is 2.27. The molecule has 0 unspecified atom stereocenters. The van der Waals surface area contributed by atoms with Gasteiger partial charge in [-0.25, -0.2) is 4.79 Å². The van der Waals surface area contributed by atoms with Crippen molar-refractivity contribution in [3.63, 3.8) is 0 Å². The lowest BCUT2D eigenvalue weighted by Gasteiger charge is -2.32. The van der Waals surface area contributed by atoms with E-state index in [1.165, 1.54) is 0 Å². The van der Waals surface area contributed by atoms with Gasteiger partial charge in [0, 0.05) is 46.8 Å². The minimum Gasteiger partial charge on any atom is -0.380 e. The zero-order valence-electron chi connectivity index (χ0n) is 14.7. The second kappa shape index (κ2) is 8.68. The number of urea groups is 1. The van der Waals surface area contributed by atoms with Gasteiger partial charge >= 0.3 is 6.03 Å². The maximum atomic E-state index is 12.3. The first-order valence-electron chi connectivity index (χ1n) is 8.32. The van der Waals surface area contributed by atoms with Crippen LogP contribution in [0, 0.1) is 5.92 Å². The molecule has 0 atom stereocenters. The van der Waals surface area contributed by atoms with E-state index >= 15 is 0 Å². The average Bonchev–Trinajstić information content (AvgIpc) is 2.59. The Morgan fingerprint density at radius 2 is 1.92 bits per heavy atom. The molecule has 24 heavy (non-hydrogen) atoms. The van der Waals surface area contributed by atoms with Gasteiger partial charge in [-0.05, 0) is 24.0 Å². The molecule has 1 fully saturated rings. The van der Waals surface area contributed by atoms with Gasteiger partial charge in [0.05, 0.1) is 6.61 Å². The van der Waals surface area contributed by atoms with Crippen LogP contribution in [0.15, 0.2) is 24.3 Å². The second-order valence-electron chi connectivity index (χ2n) is 6.41. The van der Waals surface area contributed by atoms with E-state index in [1.54, 1.807) is 31.0 Å². The highest BCUT2D eigenvalue weighted by Crippen LogP contribution is 2.19. The van der Waals surface area contributed by atoms with E-state index < -0.39 is 0 Å². The molecule has 1 aromatic carbocycles. The lowest BCUT2D eigenvalue weighted by molar-refractivity contribution is -0.134. The van der Waals surface area contributed by atoms with Crippen molar-refractivity contribution < 1.29 is 14.3 Å². The molecule has 1 N–H and O–H groups in total. The number of nitrogens with one attached hydrogen (secondary N) is 1. The van der Waals surface area contributed by atoms with Gasteiger partial charge in [0.15, 0.2) is 0 Å². The number of hydrogen-bond donors (Lipinski definition) is 1. The Morgan fingerprint density at radius 3 is 2.54 bits per heavy atom. The van der Waals surface area contributed by atoms with Gasteiger partial charge in [0.25, 0.3) is 0 Å². The summed E-state index contributed by atoms with van der Waals surface area (Å²) in [6.07, 6.45) is 1.46. The van der Waals surface area contributed by atoms with Crippen LogP contribution in [0.25, 0.3) is 0 Å². The first kappa shape index (κ1) is 18.3. The average molecular weight is 333 g/mol. The fourth-order valence-corrected chi connectivity index (χ4v) is 2.98. The largest absolute Gasteiger partial charge is 0.380 e. The Bertz CT molecular complexity index is 566. The monoisotopic (exact) mass is 333 g/mol. The Hall–Kier alpha value is -2.08. The molecule has 1 saturated heterocycles. The number of ether oxygens (including phenoxy) is 1. The zero-order chi connectivity index (χ0) is 17.5. The maximum Gasteiger partial charge on any atom is 0.317 e. The molecule has 1 aliphatic heterocycles. The van der Waals surface area contributed by atoms with E-state index in [0.717, 1.165) is 24.0 Å². The predicted molar refractivity (Wildman–Crippen MR) is 92.4 cm³/mol. The number of carbonyl (C=O) groups is 2. The van der Waals surface area contributed by atoms with E-state index in [0.29, 0.717) is 26.2 Å². The lowest BCUT2D eigenvalue weighted by Crippen LogP contribution is -2.46. The molecule has 0 radical (unpaired) electrons. The molecule has 1 aliphatic rings. The van der Waals surface area contributed by atoms with Gasteiger partial charge in [-0.1, -0.05) is 24.3 Å². The van der Waals surface area contributed by atoms with E-state index in [2.05, 4.69) is 5.32 Å². The molecule has 0 aliphatic carbocycles. The molecular formula is C18H27N3O3. The van der Waals surface area contributed by atoms with Crippen LogP contribution in [-0.4, -0.2) is 56.0 Å². The second-order valence-corrected chi connectivity index (χ2v) is 6.41. The van der Waals surface area contributed by atoms with Crippen LogP contribution in [0.4, 0.5) is 4.79 Å². The molecule has 1 aromatic rings. The number of likely N-dealkylation sites (tertiary alicyclic amines) is 1. The molecule has 0 saturated carbocycles. The van der Waals surface area contributed by atoms with Crippen LogP contribution >= 0.6 is 0 Å². The van der Waals surface area contributed by atoms with Crippen molar-refractivity contribution in [1.82, 2.24) is 15.1 Å². The third-order valence-corrected chi connectivity index (χ3v) is 4.32. The number of methoxy groups -OCH3 is 1. The topological polar surface area (TPSA) is 61.9 Å². The fourth-order valence-electron chi connectivity index (χ4n) is 2.98. The standard InChI is InChI=1S/C18H27N3O3/c1-20(2)17(22)16-7-9-21(10-8-16)18(23)19-12-14-5-4-6-15(11-14)13-24-3/h4-6,11,16H,7-10,12-13H2,1-3H3,(H,19,23). The van der Waals surface area contributed by atoms with Crippen molar-refractivity contribution in [2.45, 2.75) is 26.0 Å². The Balaban J connectivity index is 1.79. The van der Waals surface area contributed by atoms with Crippen LogP contribution in [0.1, 0.15) is 24.0 Å². The van der Waals surface area contributed by atoms with Crippen molar-refractivity contribution in [2.75, 3.05) is 34.3 Å². The zero-order valence-corrected chi connectivity index (χ0v) is 14.7. The summed E-state index contributed by atoms with van der Waals surface area (Å²) in [5.74, 6) is 0.194. The SMILES string of the molecule is COCc1cccc(CNC(=O)N2CCC(C(=O)N(C)C)CC2)c1. The lowest BCUT2D eigenvalue weighted by atomic mass is 9.96. The molecule has 132 valence electrons. The first-order chi connectivity index (χ1) is 11.5. The molecule has 3 amide bonds. The maximum absolute atomic E-state index is 12.3. The summed E-state index contributed by atoms with van der Waals surface area (Å²) in [6.45, 7) is 2.31. The van der Waals surface area contributed by atoms with E-state index in [4.69, 9.17) is 4.74 Å². The summed E-state index contributed by atoms with van der Waals surface area (Å²) in [7, 11) is 5.22. The van der Waals surface area contributed by atoms with E-state index in [1.807, 2.05) is 24.3 Å². The molecule has 2 rings (SSSR count). The normalized spacial score (nSPS) is 15.2. The van der Waals surface area contributed by atoms with Gasteiger partial charge in [-0.2, -0.15) is 0 Å². The summed E-state index contributed by atoms with van der Waals surface area (Å²) in [5.41, 5.74) is 2.14. The summed E-state index contributed by atoms with van der Waals surface area (Å²) < 4.78 is 5.12. The van der Waals surface area contributed by atoms with Gasteiger partial charge in [-0.3, -0.25) is 4.79 Å². The van der Waals surface area contributed by atoms with Crippen LogP contribution in [-0.2, 0) is 22.7 Å². The van der Waals surface area contributed by atoms with Crippen molar-refractivity contribution in [3.05, 3.63) is 35.4 Å². The Labute approximate surface area is 143 Å². The van der Waals surface area contributed by atoms with Crippen LogP contribution in [0.2, 0.25) is 0 Å². The first-order valence-corrected chi connectivity index (χ1v) is 8.32. The van der Waals surface area contributed by atoms with Crippen molar-refractivity contribution >= 4 is 11.9 Å². The Morgan fingerprint density at radius 1 is 1.25 bits per heavy atom. The van der Waals surface area contributed by atoms with Crippen molar-refractivity contribution in [2.24, 2.45) is 5.92 Å². The highest BCUT2D eigenvalue weighted by molar-refractivity contribution is 5.79. The van der Waals surface area contributed by atoms with Crippen LogP contribution in [0.5, 0.6) is 0 Å². The highest BCUT2D eigenvalue weighted by atomic mass is 16.5. The van der Waals surface area contributed by atoms with Gasteiger partial charge in [0.2, 0.25) is 5.91 Å². The molecule has 6 nitrogen and oxygen atoms in total. The number of benzene rings is 1. The smallest absolute Gasteiger partial charge is 0.317 e. The number of rotatable bonds is 5. The number of carbonyl (C=O) groups excluding carboxylic acids is 2. The minimum atomic E-state index is -0.0668. The summed E-state index contributed by atoms with van der Waals surface area (Å²) in [6, 6.07) is 7.92. The fraction of sp³-hybridized carbons (Fsp3) is 0.556. The molecular weight excluding hydrogens is 306 g/mol. The predicted octanol–water partition coefficient (Wildman–Crippen LogP) is 1.84. The molecule has 0 aromatic heterocycles. The third kappa shape index (κ3) is 4.96. The van der Waals surface area contributed by atoms with Crippen molar-refractivity contribution in [3.8, 4) is 0 Å². The number of piperidine rings is 1. The molecule has 1 heterocycles. The number of nitrogens with zero attached hydrogens (tertiary/aromatic N) is 2. The van der Waals surface area contributed by atoms with Crippen molar-refractivity contribution in [1.29, 1.82) is 0 Å². The van der Waals surface area contributed by atoms with E-state index in [-0.39, 0.29) is 17.9 Å².